The number of hydrogen-bond donors (Lipinski definition) is 2. The van der Waals surface area contributed by atoms with Crippen LogP contribution in [0, 0.1) is 0 Å². The average Bonchev–Trinajstić information content (AvgIpc) is 3.03. The fourth-order valence-corrected chi connectivity index (χ4v) is 2.56. The molecular weight excluding hydrogens is 455 g/mol. The number of nitrogens with one attached hydrogen (secondary N) is 2. The number of anilines is 1. The number of halogens is 1. The third kappa shape index (κ3) is 5.52. The predicted octanol–water partition coefficient (Wildman–Crippen LogP) is 2.10. The summed E-state index contributed by atoms with van der Waals surface area (Å²) in [5, 5.41) is 11.8. The molecular formula is C18H25IN8. The van der Waals surface area contributed by atoms with E-state index in [1.807, 2.05) is 44.2 Å². The Labute approximate surface area is 176 Å². The molecule has 2 aromatic heterocycles. The first-order chi connectivity index (χ1) is 12.6. The van der Waals surface area contributed by atoms with Gasteiger partial charge in [-0.3, -0.25) is 4.68 Å². The fourth-order valence-electron chi connectivity index (χ4n) is 2.56. The highest BCUT2D eigenvalue weighted by Gasteiger charge is 2.07. The van der Waals surface area contributed by atoms with Crippen molar-refractivity contribution in [2.24, 2.45) is 12.0 Å². The number of hydrogen-bond acceptors (Lipinski definition) is 5. The molecule has 0 radical (unpaired) electrons. The summed E-state index contributed by atoms with van der Waals surface area (Å²) in [6, 6.07) is 10.2. The number of aryl methyl sites for hydroxylation is 1. The minimum atomic E-state index is 0. The van der Waals surface area contributed by atoms with Gasteiger partial charge in [-0.05, 0) is 5.56 Å². The van der Waals surface area contributed by atoms with E-state index in [0.29, 0.717) is 13.1 Å². The SMILES string of the molecule is CN(C)C(=NCc1ccccc1)NCCNc1ncnc2c1cnn2C.I. The molecule has 2 heterocycles. The third-order valence-corrected chi connectivity index (χ3v) is 3.91. The molecule has 0 atom stereocenters. The largest absolute Gasteiger partial charge is 0.368 e. The van der Waals surface area contributed by atoms with E-state index in [-0.39, 0.29) is 24.0 Å². The van der Waals surface area contributed by atoms with E-state index in [4.69, 9.17) is 0 Å². The summed E-state index contributed by atoms with van der Waals surface area (Å²) >= 11 is 0. The number of aromatic nitrogens is 4. The van der Waals surface area contributed by atoms with Crippen LogP contribution in [0.2, 0.25) is 0 Å². The summed E-state index contributed by atoms with van der Waals surface area (Å²) in [5.74, 6) is 1.64. The summed E-state index contributed by atoms with van der Waals surface area (Å²) in [6.07, 6.45) is 3.32. The zero-order chi connectivity index (χ0) is 18.4. The van der Waals surface area contributed by atoms with Gasteiger partial charge in [0.25, 0.3) is 0 Å². The first kappa shape index (κ1) is 20.9. The molecule has 0 aliphatic heterocycles. The van der Waals surface area contributed by atoms with Gasteiger partial charge in [-0.25, -0.2) is 15.0 Å². The molecule has 1 aromatic carbocycles. The van der Waals surface area contributed by atoms with Crippen LogP contribution in [0.15, 0.2) is 47.8 Å². The molecule has 9 heteroatoms. The van der Waals surface area contributed by atoms with Crippen molar-refractivity contribution in [2.45, 2.75) is 6.54 Å². The van der Waals surface area contributed by atoms with Crippen LogP contribution in [-0.4, -0.2) is 57.8 Å². The van der Waals surface area contributed by atoms with Gasteiger partial charge in [0.1, 0.15) is 12.1 Å². The molecule has 27 heavy (non-hydrogen) atoms. The van der Waals surface area contributed by atoms with E-state index < -0.39 is 0 Å². The van der Waals surface area contributed by atoms with Gasteiger partial charge in [-0.2, -0.15) is 5.10 Å². The summed E-state index contributed by atoms with van der Waals surface area (Å²) < 4.78 is 1.74. The lowest BCUT2D eigenvalue weighted by atomic mass is 10.2. The first-order valence-corrected chi connectivity index (χ1v) is 8.51. The molecule has 3 rings (SSSR count). The number of guanidine groups is 1. The normalized spacial score (nSPS) is 11.1. The van der Waals surface area contributed by atoms with Crippen molar-refractivity contribution >= 4 is 46.8 Å². The van der Waals surface area contributed by atoms with Gasteiger partial charge in [0, 0.05) is 34.2 Å². The van der Waals surface area contributed by atoms with Gasteiger partial charge in [0.15, 0.2) is 11.6 Å². The molecule has 0 aliphatic carbocycles. The van der Waals surface area contributed by atoms with E-state index in [9.17, 15) is 0 Å². The maximum Gasteiger partial charge on any atom is 0.193 e. The molecule has 3 aromatic rings. The van der Waals surface area contributed by atoms with Crippen molar-refractivity contribution in [1.29, 1.82) is 0 Å². The second-order valence-corrected chi connectivity index (χ2v) is 6.10. The van der Waals surface area contributed by atoms with Crippen molar-refractivity contribution in [3.63, 3.8) is 0 Å². The second kappa shape index (κ2) is 10.0. The summed E-state index contributed by atoms with van der Waals surface area (Å²) in [5.41, 5.74) is 2.00. The van der Waals surface area contributed by atoms with Crippen molar-refractivity contribution in [3.05, 3.63) is 48.4 Å². The van der Waals surface area contributed by atoms with E-state index in [1.54, 1.807) is 17.2 Å². The molecule has 0 unspecified atom stereocenters. The highest BCUT2D eigenvalue weighted by atomic mass is 127. The molecule has 2 N–H and O–H groups in total. The van der Waals surface area contributed by atoms with Gasteiger partial charge in [0.05, 0.1) is 18.1 Å². The van der Waals surface area contributed by atoms with Crippen molar-refractivity contribution < 1.29 is 0 Å². The Bertz CT molecular complexity index is 875. The minimum Gasteiger partial charge on any atom is -0.368 e. The summed E-state index contributed by atoms with van der Waals surface area (Å²) in [4.78, 5) is 15.2. The monoisotopic (exact) mass is 480 g/mol. The highest BCUT2D eigenvalue weighted by Crippen LogP contribution is 2.17. The van der Waals surface area contributed by atoms with Crippen molar-refractivity contribution in [2.75, 3.05) is 32.5 Å². The van der Waals surface area contributed by atoms with Crippen LogP contribution in [0.3, 0.4) is 0 Å². The number of aliphatic imine (C=N–C) groups is 1. The Morgan fingerprint density at radius 1 is 1.15 bits per heavy atom. The predicted molar refractivity (Wildman–Crippen MR) is 119 cm³/mol. The Balaban J connectivity index is 0.00000261. The Morgan fingerprint density at radius 3 is 2.67 bits per heavy atom. The van der Waals surface area contributed by atoms with Gasteiger partial charge >= 0.3 is 0 Å². The van der Waals surface area contributed by atoms with Crippen LogP contribution in [0.25, 0.3) is 11.0 Å². The summed E-state index contributed by atoms with van der Waals surface area (Å²) in [6.45, 7) is 2.08. The fraction of sp³-hybridized carbons (Fsp3) is 0.333. The molecule has 0 amide bonds. The van der Waals surface area contributed by atoms with Crippen LogP contribution >= 0.6 is 24.0 Å². The first-order valence-electron chi connectivity index (χ1n) is 8.51. The van der Waals surface area contributed by atoms with Crippen LogP contribution in [0.1, 0.15) is 5.56 Å². The van der Waals surface area contributed by atoms with E-state index in [1.165, 1.54) is 5.56 Å². The van der Waals surface area contributed by atoms with Crippen molar-refractivity contribution in [3.8, 4) is 0 Å². The quantitative estimate of drug-likeness (QED) is 0.244. The van der Waals surface area contributed by atoms with Crippen LogP contribution in [0.4, 0.5) is 5.82 Å². The zero-order valence-electron chi connectivity index (χ0n) is 15.8. The van der Waals surface area contributed by atoms with Gasteiger partial charge in [-0.15, -0.1) is 24.0 Å². The molecule has 0 aliphatic rings. The lowest BCUT2D eigenvalue weighted by Gasteiger charge is -2.18. The van der Waals surface area contributed by atoms with Crippen LogP contribution < -0.4 is 10.6 Å². The maximum absolute atomic E-state index is 4.66. The molecule has 8 nitrogen and oxygen atoms in total. The topological polar surface area (TPSA) is 83.3 Å². The maximum atomic E-state index is 4.66. The zero-order valence-corrected chi connectivity index (χ0v) is 18.1. The van der Waals surface area contributed by atoms with Crippen LogP contribution in [0.5, 0.6) is 0 Å². The molecule has 0 saturated heterocycles. The van der Waals surface area contributed by atoms with Crippen LogP contribution in [-0.2, 0) is 13.6 Å². The number of fused-ring (bicyclic) bond motifs is 1. The lowest BCUT2D eigenvalue weighted by Crippen LogP contribution is -2.38. The number of benzene rings is 1. The standard InChI is InChI=1S/C18H24N8.HI/c1-25(2)18(21-11-14-7-5-4-6-8-14)20-10-9-19-16-15-12-24-26(3)17(15)23-13-22-16;/h4-8,12-13H,9-11H2,1-3H3,(H,20,21)(H,19,22,23);1H. The lowest BCUT2D eigenvalue weighted by molar-refractivity contribution is 0.581. The number of nitrogens with zero attached hydrogens (tertiary/aromatic N) is 6. The number of rotatable bonds is 6. The smallest absolute Gasteiger partial charge is 0.193 e. The second-order valence-electron chi connectivity index (χ2n) is 6.10. The average molecular weight is 480 g/mol. The van der Waals surface area contributed by atoms with E-state index in [2.05, 4.69) is 42.8 Å². The molecule has 0 fully saturated rings. The Hall–Kier alpha value is -2.43. The molecule has 0 bridgehead atoms. The molecule has 144 valence electrons. The van der Waals surface area contributed by atoms with E-state index in [0.717, 1.165) is 29.4 Å². The Kier molecular flexibility index (Phi) is 7.77. The van der Waals surface area contributed by atoms with Gasteiger partial charge < -0.3 is 15.5 Å². The van der Waals surface area contributed by atoms with E-state index >= 15 is 0 Å². The van der Waals surface area contributed by atoms with Crippen molar-refractivity contribution in [1.82, 2.24) is 30.0 Å². The summed E-state index contributed by atoms with van der Waals surface area (Å²) in [7, 11) is 5.83. The molecule has 0 spiro atoms. The minimum absolute atomic E-state index is 0. The van der Waals surface area contributed by atoms with Gasteiger partial charge in [-0.1, -0.05) is 30.3 Å². The van der Waals surface area contributed by atoms with Gasteiger partial charge in [0.2, 0.25) is 0 Å². The third-order valence-electron chi connectivity index (χ3n) is 3.91. The molecule has 0 saturated carbocycles. The Morgan fingerprint density at radius 2 is 1.93 bits per heavy atom. The highest BCUT2D eigenvalue weighted by molar-refractivity contribution is 14.0.